The topological polar surface area (TPSA) is 122 Å². The molecular formula is C11H13ClN2O6S. The maximum atomic E-state index is 12.1. The first-order valence-corrected chi connectivity index (χ1v) is 7.40. The number of hydrogen-bond acceptors (Lipinski definition) is 5. The van der Waals surface area contributed by atoms with Crippen LogP contribution in [-0.4, -0.2) is 46.1 Å². The number of methoxy groups -OCH3 is 1. The second-order valence-corrected chi connectivity index (χ2v) is 5.96. The number of carboxylic acid groups (broad SMARTS) is 1. The second-order valence-electron chi connectivity index (χ2n) is 3.79. The summed E-state index contributed by atoms with van der Waals surface area (Å²) in [6.45, 7) is -0.503. The summed E-state index contributed by atoms with van der Waals surface area (Å²) >= 11 is 5.73. The summed E-state index contributed by atoms with van der Waals surface area (Å²) in [6.07, 6.45) is 0. The molecule has 0 aromatic heterocycles. The number of aromatic carboxylic acids is 1. The van der Waals surface area contributed by atoms with E-state index >= 15 is 0 Å². The molecule has 8 nitrogen and oxygen atoms in total. The second kappa shape index (κ2) is 6.74. The number of hydrogen-bond donors (Lipinski definition) is 3. The van der Waals surface area contributed by atoms with Crippen molar-refractivity contribution < 1.29 is 27.9 Å². The van der Waals surface area contributed by atoms with Gasteiger partial charge in [0, 0.05) is 12.1 Å². The monoisotopic (exact) mass is 336 g/mol. The Kier molecular flexibility index (Phi) is 5.53. The first-order chi connectivity index (χ1) is 9.72. The van der Waals surface area contributed by atoms with Crippen molar-refractivity contribution >= 4 is 33.5 Å². The van der Waals surface area contributed by atoms with E-state index < -0.39 is 38.9 Å². The standard InChI is InChI=1S/C11H13ClN2O6S/c1-13-9(15)5-14-21(18,19)8-4-6(12)3-7(11(16)17)10(8)20-2/h3-4,14H,5H2,1-2H3,(H,13,15)(H,16,17). The maximum Gasteiger partial charge on any atom is 0.339 e. The van der Waals surface area contributed by atoms with E-state index in [0.717, 1.165) is 19.2 Å². The molecule has 1 aromatic rings. The van der Waals surface area contributed by atoms with E-state index in [1.165, 1.54) is 7.05 Å². The smallest absolute Gasteiger partial charge is 0.339 e. The van der Waals surface area contributed by atoms with Crippen LogP contribution < -0.4 is 14.8 Å². The van der Waals surface area contributed by atoms with Crippen LogP contribution in [0.25, 0.3) is 0 Å². The molecule has 0 aliphatic rings. The Morgan fingerprint density at radius 1 is 1.38 bits per heavy atom. The van der Waals surface area contributed by atoms with E-state index in [1.807, 2.05) is 4.72 Å². The van der Waals surface area contributed by atoms with Gasteiger partial charge in [0.25, 0.3) is 0 Å². The molecule has 116 valence electrons. The fourth-order valence-corrected chi connectivity index (χ4v) is 2.94. The molecule has 0 aliphatic carbocycles. The Balaban J connectivity index is 3.34. The van der Waals surface area contributed by atoms with Crippen molar-refractivity contribution in [1.29, 1.82) is 0 Å². The minimum Gasteiger partial charge on any atom is -0.494 e. The lowest BCUT2D eigenvalue weighted by molar-refractivity contribution is -0.119. The van der Waals surface area contributed by atoms with Gasteiger partial charge in [0.1, 0.15) is 10.5 Å². The molecule has 3 N–H and O–H groups in total. The number of amides is 1. The number of carboxylic acids is 1. The third kappa shape index (κ3) is 4.06. The van der Waals surface area contributed by atoms with Crippen LogP contribution in [0.4, 0.5) is 0 Å². The summed E-state index contributed by atoms with van der Waals surface area (Å²) in [7, 11) is -1.69. The van der Waals surface area contributed by atoms with E-state index in [4.69, 9.17) is 21.4 Å². The van der Waals surface area contributed by atoms with Gasteiger partial charge in [0.05, 0.1) is 13.7 Å². The van der Waals surface area contributed by atoms with Crippen LogP contribution >= 0.6 is 11.6 Å². The third-order valence-electron chi connectivity index (χ3n) is 2.45. The number of carbonyl (C=O) groups is 2. The van der Waals surface area contributed by atoms with Crippen molar-refractivity contribution in [2.24, 2.45) is 0 Å². The number of nitrogens with one attached hydrogen (secondary N) is 2. The minimum absolute atomic E-state index is 0.0893. The Morgan fingerprint density at radius 3 is 2.48 bits per heavy atom. The lowest BCUT2D eigenvalue weighted by Gasteiger charge is -2.13. The van der Waals surface area contributed by atoms with Gasteiger partial charge in [-0.05, 0) is 12.1 Å². The SMILES string of the molecule is CNC(=O)CNS(=O)(=O)c1cc(Cl)cc(C(=O)O)c1OC. The van der Waals surface area contributed by atoms with E-state index in [-0.39, 0.29) is 10.8 Å². The van der Waals surface area contributed by atoms with Gasteiger partial charge in [-0.1, -0.05) is 11.6 Å². The number of ether oxygens (including phenoxy) is 1. The Labute approximate surface area is 126 Å². The highest BCUT2D eigenvalue weighted by molar-refractivity contribution is 7.89. The highest BCUT2D eigenvalue weighted by Gasteiger charge is 2.26. The number of carbonyl (C=O) groups excluding carboxylic acids is 1. The molecule has 0 bridgehead atoms. The van der Waals surface area contributed by atoms with Gasteiger partial charge in [-0.15, -0.1) is 0 Å². The lowest BCUT2D eigenvalue weighted by Crippen LogP contribution is -2.35. The highest BCUT2D eigenvalue weighted by atomic mass is 35.5. The lowest BCUT2D eigenvalue weighted by atomic mass is 10.2. The average molecular weight is 337 g/mol. The van der Waals surface area contributed by atoms with Crippen molar-refractivity contribution in [1.82, 2.24) is 10.0 Å². The zero-order valence-corrected chi connectivity index (χ0v) is 12.7. The van der Waals surface area contributed by atoms with Crippen molar-refractivity contribution in [2.45, 2.75) is 4.90 Å². The van der Waals surface area contributed by atoms with Gasteiger partial charge in [0.2, 0.25) is 15.9 Å². The van der Waals surface area contributed by atoms with E-state index in [2.05, 4.69) is 5.32 Å². The molecule has 0 saturated carbocycles. The molecule has 0 radical (unpaired) electrons. The van der Waals surface area contributed by atoms with Crippen LogP contribution in [-0.2, 0) is 14.8 Å². The van der Waals surface area contributed by atoms with Crippen LogP contribution in [0.3, 0.4) is 0 Å². The number of sulfonamides is 1. The predicted molar refractivity (Wildman–Crippen MR) is 74.2 cm³/mol. The third-order valence-corrected chi connectivity index (χ3v) is 4.07. The minimum atomic E-state index is -4.17. The van der Waals surface area contributed by atoms with Gasteiger partial charge in [-0.25, -0.2) is 17.9 Å². The van der Waals surface area contributed by atoms with Crippen molar-refractivity contribution in [3.8, 4) is 5.75 Å². The summed E-state index contributed by atoms with van der Waals surface area (Å²) in [4.78, 5) is 21.7. The van der Waals surface area contributed by atoms with Crippen molar-refractivity contribution in [3.05, 3.63) is 22.7 Å². The van der Waals surface area contributed by atoms with Crippen LogP contribution in [0.2, 0.25) is 5.02 Å². The summed E-state index contributed by atoms with van der Waals surface area (Å²) in [5.41, 5.74) is -0.398. The molecule has 0 unspecified atom stereocenters. The van der Waals surface area contributed by atoms with E-state index in [9.17, 15) is 18.0 Å². The van der Waals surface area contributed by atoms with Crippen LogP contribution in [0.5, 0.6) is 5.75 Å². The zero-order valence-electron chi connectivity index (χ0n) is 11.1. The van der Waals surface area contributed by atoms with Crippen LogP contribution in [0.15, 0.2) is 17.0 Å². The molecule has 21 heavy (non-hydrogen) atoms. The van der Waals surface area contributed by atoms with Crippen LogP contribution in [0, 0.1) is 0 Å². The molecule has 0 spiro atoms. The molecule has 1 amide bonds. The Hall–Kier alpha value is -1.84. The number of likely N-dealkylation sites (N-methyl/N-ethyl adjacent to an activating group) is 1. The average Bonchev–Trinajstić information content (AvgIpc) is 2.43. The molecule has 1 rings (SSSR count). The molecule has 0 heterocycles. The quantitative estimate of drug-likeness (QED) is 0.676. The largest absolute Gasteiger partial charge is 0.494 e. The Bertz CT molecular complexity index is 674. The fraction of sp³-hybridized carbons (Fsp3) is 0.273. The zero-order chi connectivity index (χ0) is 16.2. The maximum absolute atomic E-state index is 12.1. The van der Waals surface area contributed by atoms with Crippen molar-refractivity contribution in [2.75, 3.05) is 20.7 Å². The van der Waals surface area contributed by atoms with Crippen LogP contribution in [0.1, 0.15) is 10.4 Å². The predicted octanol–water partition coefficient (Wildman–Crippen LogP) is 0.0711. The van der Waals surface area contributed by atoms with Gasteiger partial charge in [-0.2, -0.15) is 0 Å². The molecule has 0 fully saturated rings. The first-order valence-electron chi connectivity index (χ1n) is 5.54. The summed E-state index contributed by atoms with van der Waals surface area (Å²) in [5.74, 6) is -2.31. The van der Waals surface area contributed by atoms with Gasteiger partial charge in [0.15, 0.2) is 5.75 Å². The summed E-state index contributed by atoms with van der Waals surface area (Å²) < 4.78 is 31.1. The molecule has 0 atom stereocenters. The normalized spacial score (nSPS) is 11.0. The number of benzene rings is 1. The van der Waals surface area contributed by atoms with E-state index in [0.29, 0.717) is 0 Å². The fourth-order valence-electron chi connectivity index (χ4n) is 1.46. The number of rotatable bonds is 6. The Morgan fingerprint density at radius 2 is 2.00 bits per heavy atom. The van der Waals surface area contributed by atoms with Gasteiger partial charge < -0.3 is 15.2 Å². The van der Waals surface area contributed by atoms with E-state index in [1.54, 1.807) is 0 Å². The van der Waals surface area contributed by atoms with Gasteiger partial charge >= 0.3 is 5.97 Å². The molecule has 0 saturated heterocycles. The van der Waals surface area contributed by atoms with Gasteiger partial charge in [-0.3, -0.25) is 4.79 Å². The van der Waals surface area contributed by atoms with Crippen molar-refractivity contribution in [3.63, 3.8) is 0 Å². The summed E-state index contributed by atoms with van der Waals surface area (Å²) in [5, 5.41) is 11.2. The molecule has 1 aromatic carbocycles. The molecule has 10 heteroatoms. The molecule has 0 aliphatic heterocycles. The highest BCUT2D eigenvalue weighted by Crippen LogP contribution is 2.31. The number of halogens is 1. The summed E-state index contributed by atoms with van der Waals surface area (Å²) in [6, 6.07) is 2.11. The first kappa shape index (κ1) is 17.2. The molecular weight excluding hydrogens is 324 g/mol.